The average molecular weight is 572 g/mol. The minimum Gasteiger partial charge on any atom is -0.447 e. The molecule has 0 bridgehead atoms. The number of fused-ring (bicyclic) bond motifs is 1. The molecule has 224 valence electrons. The van der Waals surface area contributed by atoms with E-state index in [0.29, 0.717) is 44.6 Å². The number of halogens is 3. The van der Waals surface area contributed by atoms with Gasteiger partial charge in [0.1, 0.15) is 6.61 Å². The van der Waals surface area contributed by atoms with E-state index in [1.165, 1.54) is 18.1 Å². The largest absolute Gasteiger partial charge is 0.447 e. The Morgan fingerprint density at radius 3 is 2.73 bits per heavy atom. The summed E-state index contributed by atoms with van der Waals surface area (Å²) in [7, 11) is 4.77. The van der Waals surface area contributed by atoms with Crippen LogP contribution in [0.3, 0.4) is 0 Å². The molecule has 2 fully saturated rings. The summed E-state index contributed by atoms with van der Waals surface area (Å²) < 4.78 is 61.5. The van der Waals surface area contributed by atoms with Gasteiger partial charge >= 0.3 is 12.3 Å². The second-order valence-electron chi connectivity index (χ2n) is 11.1. The normalized spacial score (nSPS) is 26.9. The van der Waals surface area contributed by atoms with E-state index in [1.807, 2.05) is 0 Å². The fraction of sp³-hybridized carbons (Fsp3) is 0.714. The Labute approximate surface area is 233 Å². The van der Waals surface area contributed by atoms with Crippen molar-refractivity contribution in [3.63, 3.8) is 0 Å². The molecule has 2 amide bonds. The molecule has 1 saturated carbocycles. The number of hydrogen-bond acceptors (Lipinski definition) is 7. The third-order valence-corrected chi connectivity index (χ3v) is 8.32. The van der Waals surface area contributed by atoms with Crippen LogP contribution < -0.4 is 5.32 Å². The van der Waals surface area contributed by atoms with Crippen LogP contribution in [0.25, 0.3) is 0 Å². The van der Waals surface area contributed by atoms with Gasteiger partial charge in [0.25, 0.3) is 0 Å². The molecule has 1 saturated heterocycles. The van der Waals surface area contributed by atoms with Crippen LogP contribution in [0.2, 0.25) is 0 Å². The van der Waals surface area contributed by atoms with Crippen molar-refractivity contribution >= 4 is 12.0 Å². The third-order valence-electron chi connectivity index (χ3n) is 8.32. The summed E-state index contributed by atoms with van der Waals surface area (Å²) in [5, 5.41) is 3.66. The molecular formula is C28H40F3N3O6. The molecule has 0 spiro atoms. The lowest BCUT2D eigenvalue weighted by molar-refractivity contribution is -0.144. The lowest BCUT2D eigenvalue weighted by Crippen LogP contribution is -2.53. The van der Waals surface area contributed by atoms with E-state index in [9.17, 15) is 22.8 Å². The highest BCUT2D eigenvalue weighted by molar-refractivity contribution is 5.84. The molecule has 2 heterocycles. The molecule has 0 radical (unpaired) electrons. The minimum absolute atomic E-state index is 0.0107. The van der Waals surface area contributed by atoms with E-state index in [0.717, 1.165) is 30.5 Å². The van der Waals surface area contributed by atoms with Crippen LogP contribution in [0.15, 0.2) is 18.2 Å². The highest BCUT2D eigenvalue weighted by Crippen LogP contribution is 2.42. The predicted molar refractivity (Wildman–Crippen MR) is 140 cm³/mol. The van der Waals surface area contributed by atoms with Crippen molar-refractivity contribution in [1.82, 2.24) is 15.1 Å². The molecule has 0 aromatic heterocycles. The molecule has 1 aliphatic carbocycles. The first kappa shape index (κ1) is 30.5. The zero-order valence-electron chi connectivity index (χ0n) is 23.4. The maximum Gasteiger partial charge on any atom is 0.416 e. The first-order valence-corrected chi connectivity index (χ1v) is 13.8. The predicted octanol–water partition coefficient (Wildman–Crippen LogP) is 3.24. The summed E-state index contributed by atoms with van der Waals surface area (Å²) in [6.07, 6.45) is -2.11. The molecule has 1 N–H and O–H groups in total. The van der Waals surface area contributed by atoms with Gasteiger partial charge in [0.05, 0.1) is 30.3 Å². The average Bonchev–Trinajstić information content (AvgIpc) is 3.35. The van der Waals surface area contributed by atoms with Crippen LogP contribution in [0.5, 0.6) is 0 Å². The van der Waals surface area contributed by atoms with Crippen LogP contribution in [0.1, 0.15) is 42.4 Å². The Bertz CT molecular complexity index is 1040. The van der Waals surface area contributed by atoms with Gasteiger partial charge < -0.3 is 34.1 Å². The maximum absolute atomic E-state index is 14.2. The fourth-order valence-corrected chi connectivity index (χ4v) is 6.19. The van der Waals surface area contributed by atoms with Crippen molar-refractivity contribution in [3.05, 3.63) is 34.9 Å². The Morgan fingerprint density at radius 1 is 1.20 bits per heavy atom. The molecule has 9 nitrogen and oxygen atoms in total. The first-order chi connectivity index (χ1) is 19.1. The molecule has 40 heavy (non-hydrogen) atoms. The summed E-state index contributed by atoms with van der Waals surface area (Å²) in [6.45, 7) is 2.12. The number of ether oxygens (including phenoxy) is 4. The van der Waals surface area contributed by atoms with E-state index < -0.39 is 23.2 Å². The van der Waals surface area contributed by atoms with Crippen molar-refractivity contribution < 1.29 is 41.7 Å². The van der Waals surface area contributed by atoms with Gasteiger partial charge in [-0.2, -0.15) is 13.2 Å². The molecule has 2 aliphatic heterocycles. The Morgan fingerprint density at radius 2 is 2.00 bits per heavy atom. The van der Waals surface area contributed by atoms with E-state index in [4.69, 9.17) is 18.9 Å². The lowest BCUT2D eigenvalue weighted by atomic mass is 9.82. The van der Waals surface area contributed by atoms with E-state index in [2.05, 4.69) is 5.32 Å². The van der Waals surface area contributed by atoms with E-state index in [1.54, 1.807) is 19.1 Å². The second-order valence-corrected chi connectivity index (χ2v) is 11.1. The minimum atomic E-state index is -4.46. The van der Waals surface area contributed by atoms with Crippen molar-refractivity contribution in [3.8, 4) is 0 Å². The highest BCUT2D eigenvalue weighted by atomic mass is 19.4. The zero-order valence-corrected chi connectivity index (χ0v) is 23.4. The molecule has 12 heteroatoms. The van der Waals surface area contributed by atoms with Crippen molar-refractivity contribution in [2.75, 3.05) is 60.8 Å². The molecular weight excluding hydrogens is 531 g/mol. The smallest absolute Gasteiger partial charge is 0.416 e. The topological polar surface area (TPSA) is 89.6 Å². The van der Waals surface area contributed by atoms with Gasteiger partial charge in [-0.05, 0) is 55.4 Å². The van der Waals surface area contributed by atoms with Crippen molar-refractivity contribution in [2.24, 2.45) is 5.41 Å². The summed E-state index contributed by atoms with van der Waals surface area (Å²) >= 11 is 0. The number of nitrogens with one attached hydrogen (secondary N) is 1. The highest BCUT2D eigenvalue weighted by Gasteiger charge is 2.49. The SMILES string of the molecule is COCCOC(=O)N(C)C[C@]1(C(=O)N2CCc3ccc(C(F)(F)F)cc3C2)CCC(NC2CCOCC2OC)C1. The number of methoxy groups -OCH3 is 2. The van der Waals surface area contributed by atoms with E-state index in [-0.39, 0.29) is 50.4 Å². The van der Waals surface area contributed by atoms with Crippen molar-refractivity contribution in [1.29, 1.82) is 0 Å². The Balaban J connectivity index is 1.53. The van der Waals surface area contributed by atoms with Crippen LogP contribution >= 0.6 is 0 Å². The standard InChI is InChI=1S/C28H40F3N3O6/c1-33(26(36)40-13-12-37-2)18-27(9-6-22(15-27)32-23-8-11-39-17-24(23)38-3)25(35)34-10-7-19-4-5-21(28(29,30)31)14-20(19)16-34/h4-5,14,22-24,32H,6-13,15-18H2,1-3H3/t22?,23?,24?,27-/m0/s1. The molecule has 3 unspecified atom stereocenters. The number of nitrogens with zero attached hydrogens (tertiary/aromatic N) is 2. The lowest BCUT2D eigenvalue weighted by Gasteiger charge is -2.39. The van der Waals surface area contributed by atoms with E-state index >= 15 is 0 Å². The number of alkyl halides is 3. The number of hydrogen-bond donors (Lipinski definition) is 1. The van der Waals surface area contributed by atoms with Crippen LogP contribution in [0, 0.1) is 5.41 Å². The molecule has 4 atom stereocenters. The number of carbonyl (C=O) groups excluding carboxylic acids is 2. The van der Waals surface area contributed by atoms with Gasteiger partial charge in [0.2, 0.25) is 5.91 Å². The number of carbonyl (C=O) groups is 2. The monoisotopic (exact) mass is 571 g/mol. The Kier molecular flexibility index (Phi) is 9.97. The van der Waals surface area contributed by atoms with Crippen molar-refractivity contribution in [2.45, 2.75) is 63.0 Å². The molecule has 4 rings (SSSR count). The van der Waals surface area contributed by atoms with Crippen LogP contribution in [-0.4, -0.2) is 101 Å². The summed E-state index contributed by atoms with van der Waals surface area (Å²) in [5.74, 6) is -0.147. The number of benzene rings is 1. The fourth-order valence-electron chi connectivity index (χ4n) is 6.19. The third kappa shape index (κ3) is 7.07. The second kappa shape index (κ2) is 13.1. The van der Waals surface area contributed by atoms with Gasteiger partial charge in [0, 0.05) is 59.6 Å². The van der Waals surface area contributed by atoms with Crippen LogP contribution in [0.4, 0.5) is 18.0 Å². The Hall–Kier alpha value is -2.41. The summed E-state index contributed by atoms with van der Waals surface area (Å²) in [5.41, 5.74) is -0.293. The van der Waals surface area contributed by atoms with Gasteiger partial charge in [-0.3, -0.25) is 4.79 Å². The number of amides is 2. The quantitative estimate of drug-likeness (QED) is 0.456. The summed E-state index contributed by atoms with van der Waals surface area (Å²) in [6, 6.07) is 3.84. The van der Waals surface area contributed by atoms with Crippen LogP contribution in [-0.2, 0) is 42.9 Å². The van der Waals surface area contributed by atoms with Gasteiger partial charge in [-0.1, -0.05) is 6.07 Å². The van der Waals surface area contributed by atoms with Gasteiger partial charge in [-0.15, -0.1) is 0 Å². The zero-order chi connectivity index (χ0) is 28.9. The summed E-state index contributed by atoms with van der Waals surface area (Å²) in [4.78, 5) is 30.0. The number of rotatable bonds is 9. The molecule has 3 aliphatic rings. The molecule has 1 aromatic carbocycles. The van der Waals surface area contributed by atoms with Gasteiger partial charge in [0.15, 0.2) is 0 Å². The van der Waals surface area contributed by atoms with Gasteiger partial charge in [-0.25, -0.2) is 4.79 Å². The first-order valence-electron chi connectivity index (χ1n) is 13.8. The maximum atomic E-state index is 14.2. The molecule has 1 aromatic rings.